The van der Waals surface area contributed by atoms with Crippen molar-refractivity contribution in [2.24, 2.45) is 11.8 Å². The van der Waals surface area contributed by atoms with Crippen LogP contribution >= 0.6 is 7.82 Å². The Labute approximate surface area is 152 Å². The summed E-state index contributed by atoms with van der Waals surface area (Å²) in [6, 6.07) is 0. The summed E-state index contributed by atoms with van der Waals surface area (Å²) in [5.41, 5.74) is 1.05. The molecule has 2 aliphatic carbocycles. The molecule has 0 aliphatic heterocycles. The van der Waals surface area contributed by atoms with Gasteiger partial charge in [-0.25, -0.2) is 4.57 Å². The topological polar surface area (TPSA) is 78.9 Å². The number of carbonyl (C=O) groups is 1. The van der Waals surface area contributed by atoms with Crippen LogP contribution in [0.2, 0.25) is 0 Å². The normalized spacial score (nSPS) is 27.9. The van der Waals surface area contributed by atoms with Crippen LogP contribution in [0.4, 0.5) is 0 Å². The van der Waals surface area contributed by atoms with Crippen LogP contribution in [0.25, 0.3) is 0 Å². The van der Waals surface area contributed by atoms with Gasteiger partial charge in [0.2, 0.25) is 0 Å². The standard InChI is InChI=1S/C17H29O6PS/c1-5-21-24(19,22-6-2)23-16-14-10-8-9-13(14)11-15(12(4)18)17(16)25(20)7-3/h13,15,17H,5-11H2,1-4H3/t13-,15-,17?,25?/m1/s1. The number of hydrogen-bond acceptors (Lipinski definition) is 6. The van der Waals surface area contributed by atoms with Crippen LogP contribution in [0.3, 0.4) is 0 Å². The highest BCUT2D eigenvalue weighted by Crippen LogP contribution is 2.56. The van der Waals surface area contributed by atoms with E-state index in [4.69, 9.17) is 13.6 Å². The van der Waals surface area contributed by atoms with E-state index in [1.165, 1.54) is 6.92 Å². The molecule has 6 nitrogen and oxygen atoms in total. The van der Waals surface area contributed by atoms with Gasteiger partial charge in [0.15, 0.2) is 0 Å². The number of fused-ring (bicyclic) bond motifs is 1. The first-order chi connectivity index (χ1) is 11.9. The fraction of sp³-hybridized carbons (Fsp3) is 0.824. The molecule has 2 rings (SSSR count). The van der Waals surface area contributed by atoms with Gasteiger partial charge in [-0.2, -0.15) is 0 Å². The summed E-state index contributed by atoms with van der Waals surface area (Å²) in [7, 11) is -5.07. The number of phosphoric ester groups is 1. The highest BCUT2D eigenvalue weighted by atomic mass is 32.2. The zero-order chi connectivity index (χ0) is 18.6. The number of ketones is 1. The zero-order valence-corrected chi connectivity index (χ0v) is 17.2. The first-order valence-corrected chi connectivity index (χ1v) is 11.9. The molecule has 0 bridgehead atoms. The molecule has 0 radical (unpaired) electrons. The van der Waals surface area contributed by atoms with E-state index < -0.39 is 23.9 Å². The average Bonchev–Trinajstić information content (AvgIpc) is 3.02. The van der Waals surface area contributed by atoms with E-state index in [0.29, 0.717) is 17.9 Å². The Morgan fingerprint density at radius 1 is 1.24 bits per heavy atom. The summed E-state index contributed by atoms with van der Waals surface area (Å²) in [5, 5.41) is -0.568. The van der Waals surface area contributed by atoms with Gasteiger partial charge in [0.25, 0.3) is 0 Å². The van der Waals surface area contributed by atoms with Crippen molar-refractivity contribution in [2.75, 3.05) is 19.0 Å². The fourth-order valence-electron chi connectivity index (χ4n) is 3.80. The molecule has 0 N–H and O–H groups in total. The molecule has 0 saturated heterocycles. The third kappa shape index (κ3) is 4.62. The minimum atomic E-state index is -3.78. The molecule has 2 unspecified atom stereocenters. The van der Waals surface area contributed by atoms with Gasteiger partial charge in [0.1, 0.15) is 16.8 Å². The average molecular weight is 392 g/mol. The van der Waals surface area contributed by atoms with E-state index in [9.17, 15) is 13.6 Å². The lowest BCUT2D eigenvalue weighted by Crippen LogP contribution is -2.39. The van der Waals surface area contributed by atoms with E-state index in [2.05, 4.69) is 0 Å². The summed E-state index contributed by atoms with van der Waals surface area (Å²) in [6.07, 6.45) is 3.49. The molecular formula is C17H29O6PS. The van der Waals surface area contributed by atoms with Crippen LogP contribution in [0.5, 0.6) is 0 Å². The van der Waals surface area contributed by atoms with Crippen molar-refractivity contribution >= 4 is 24.4 Å². The molecule has 144 valence electrons. The van der Waals surface area contributed by atoms with Crippen molar-refractivity contribution in [3.63, 3.8) is 0 Å². The van der Waals surface area contributed by atoms with Crippen LogP contribution in [-0.4, -0.2) is 34.2 Å². The van der Waals surface area contributed by atoms with Crippen molar-refractivity contribution < 1.29 is 27.1 Å². The molecule has 0 amide bonds. The second kappa shape index (κ2) is 8.94. The number of carbonyl (C=O) groups excluding carboxylic acids is 1. The predicted octanol–water partition coefficient (Wildman–Crippen LogP) is 3.98. The first-order valence-electron chi connectivity index (χ1n) is 9.06. The molecule has 4 atom stereocenters. The molecule has 25 heavy (non-hydrogen) atoms. The Balaban J connectivity index is 2.48. The fourth-order valence-corrected chi connectivity index (χ4v) is 6.62. The van der Waals surface area contributed by atoms with Gasteiger partial charge >= 0.3 is 7.82 Å². The van der Waals surface area contributed by atoms with Crippen LogP contribution in [-0.2, 0) is 33.7 Å². The summed E-state index contributed by atoms with van der Waals surface area (Å²) < 4.78 is 42.1. The van der Waals surface area contributed by atoms with Crippen molar-refractivity contribution in [1.29, 1.82) is 0 Å². The zero-order valence-electron chi connectivity index (χ0n) is 15.5. The number of allylic oxidation sites excluding steroid dienone is 1. The Bertz CT molecular complexity index is 592. The first kappa shape index (κ1) is 20.8. The van der Waals surface area contributed by atoms with E-state index in [-0.39, 0.29) is 30.8 Å². The van der Waals surface area contributed by atoms with Crippen LogP contribution in [0, 0.1) is 11.8 Å². The Morgan fingerprint density at radius 2 is 1.88 bits per heavy atom. The second-order valence-corrected chi connectivity index (χ2v) is 9.84. The molecule has 8 heteroatoms. The SMILES string of the molecule is CCOP(=O)(OCC)OC1=C2CCC[C@@H]2C[C@H](C(C)=O)C1S(=O)CC. The minimum absolute atomic E-state index is 0.00139. The van der Waals surface area contributed by atoms with Gasteiger partial charge in [0.05, 0.1) is 13.2 Å². The minimum Gasteiger partial charge on any atom is -0.407 e. The van der Waals surface area contributed by atoms with Gasteiger partial charge in [-0.05, 0) is 57.9 Å². The number of Topliss-reactive ketones (excluding diaryl/α,β-unsaturated/α-hetero) is 1. The lowest BCUT2D eigenvalue weighted by Gasteiger charge is -2.36. The van der Waals surface area contributed by atoms with Crippen LogP contribution in [0.15, 0.2) is 11.3 Å². The molecule has 1 fully saturated rings. The van der Waals surface area contributed by atoms with E-state index in [1.807, 2.05) is 6.92 Å². The summed E-state index contributed by atoms with van der Waals surface area (Å²) in [4.78, 5) is 12.2. The molecule has 0 aromatic rings. The van der Waals surface area contributed by atoms with E-state index >= 15 is 0 Å². The van der Waals surface area contributed by atoms with Crippen molar-refractivity contribution in [3.8, 4) is 0 Å². The highest BCUT2D eigenvalue weighted by molar-refractivity contribution is 7.85. The van der Waals surface area contributed by atoms with Crippen molar-refractivity contribution in [3.05, 3.63) is 11.3 Å². The van der Waals surface area contributed by atoms with Gasteiger partial charge in [0, 0.05) is 22.5 Å². The van der Waals surface area contributed by atoms with E-state index in [0.717, 1.165) is 24.8 Å². The quantitative estimate of drug-likeness (QED) is 0.552. The maximum atomic E-state index is 12.9. The smallest absolute Gasteiger partial charge is 0.407 e. The Kier molecular flexibility index (Phi) is 7.44. The third-order valence-corrected chi connectivity index (χ3v) is 8.09. The molecule has 0 spiro atoms. The van der Waals surface area contributed by atoms with Crippen molar-refractivity contribution in [1.82, 2.24) is 0 Å². The molecule has 0 aromatic heterocycles. The molecule has 0 heterocycles. The molecular weight excluding hydrogens is 363 g/mol. The molecule has 1 saturated carbocycles. The Morgan fingerprint density at radius 3 is 2.40 bits per heavy atom. The third-order valence-electron chi connectivity index (χ3n) is 4.84. The van der Waals surface area contributed by atoms with Gasteiger partial charge in [-0.1, -0.05) is 6.92 Å². The number of phosphoric acid groups is 1. The predicted molar refractivity (Wildman–Crippen MR) is 97.6 cm³/mol. The lowest BCUT2D eigenvalue weighted by molar-refractivity contribution is -0.121. The number of hydrogen-bond donors (Lipinski definition) is 0. The summed E-state index contributed by atoms with van der Waals surface area (Å²) in [6.45, 7) is 7.15. The summed E-state index contributed by atoms with van der Waals surface area (Å²) in [5.74, 6) is 0.693. The van der Waals surface area contributed by atoms with Gasteiger partial charge < -0.3 is 4.52 Å². The highest BCUT2D eigenvalue weighted by Gasteiger charge is 2.47. The van der Waals surface area contributed by atoms with Crippen LogP contribution < -0.4 is 0 Å². The van der Waals surface area contributed by atoms with Crippen LogP contribution in [0.1, 0.15) is 53.4 Å². The maximum absolute atomic E-state index is 12.9. The lowest BCUT2D eigenvalue weighted by atomic mass is 9.79. The monoisotopic (exact) mass is 392 g/mol. The second-order valence-electron chi connectivity index (χ2n) is 6.40. The van der Waals surface area contributed by atoms with Gasteiger partial charge in [-0.15, -0.1) is 0 Å². The Hall–Kier alpha value is -0.490. The van der Waals surface area contributed by atoms with Crippen molar-refractivity contribution in [2.45, 2.75) is 58.6 Å². The largest absolute Gasteiger partial charge is 0.529 e. The summed E-state index contributed by atoms with van der Waals surface area (Å²) >= 11 is 0. The molecule has 0 aromatic carbocycles. The maximum Gasteiger partial charge on any atom is 0.529 e. The van der Waals surface area contributed by atoms with E-state index in [1.54, 1.807) is 13.8 Å². The van der Waals surface area contributed by atoms with Gasteiger partial charge in [-0.3, -0.25) is 18.1 Å². The molecule has 2 aliphatic rings. The number of rotatable bonds is 9.